The van der Waals surface area contributed by atoms with E-state index in [0.717, 1.165) is 5.92 Å². The van der Waals surface area contributed by atoms with Crippen LogP contribution >= 0.6 is 15.9 Å². The van der Waals surface area contributed by atoms with Gasteiger partial charge in [-0.15, -0.1) is 0 Å². The molecule has 2 rings (SSSR count). The highest BCUT2D eigenvalue weighted by atomic mass is 79.9. The van der Waals surface area contributed by atoms with Crippen molar-refractivity contribution in [1.29, 1.82) is 0 Å². The summed E-state index contributed by atoms with van der Waals surface area (Å²) in [7, 11) is 0. The predicted octanol–water partition coefficient (Wildman–Crippen LogP) is 4.45. The molecular formula is C15H28BrN. The number of rotatable bonds is 4. The molecule has 0 aromatic rings. The van der Waals surface area contributed by atoms with Crippen molar-refractivity contribution in [3.63, 3.8) is 0 Å². The van der Waals surface area contributed by atoms with Gasteiger partial charge in [0.05, 0.1) is 0 Å². The van der Waals surface area contributed by atoms with E-state index < -0.39 is 0 Å². The first-order valence-corrected chi connectivity index (χ1v) is 8.68. The van der Waals surface area contributed by atoms with Crippen LogP contribution in [0.3, 0.4) is 0 Å². The lowest BCUT2D eigenvalue weighted by Crippen LogP contribution is -2.38. The molecule has 2 heteroatoms. The van der Waals surface area contributed by atoms with Crippen LogP contribution in [0.15, 0.2) is 0 Å². The maximum absolute atomic E-state index is 3.78. The zero-order valence-corrected chi connectivity index (χ0v) is 13.0. The SMILES string of the molecule is CCC1CCCN(CC2(CBr)CCCC2)CC1. The minimum Gasteiger partial charge on any atom is -0.303 e. The van der Waals surface area contributed by atoms with Crippen LogP contribution in [0.2, 0.25) is 0 Å². The molecule has 1 unspecified atom stereocenters. The lowest BCUT2D eigenvalue weighted by atomic mass is 9.88. The lowest BCUT2D eigenvalue weighted by Gasteiger charge is -2.33. The van der Waals surface area contributed by atoms with Gasteiger partial charge in [-0.2, -0.15) is 0 Å². The Labute approximate surface area is 115 Å². The van der Waals surface area contributed by atoms with E-state index in [1.54, 1.807) is 0 Å². The van der Waals surface area contributed by atoms with Crippen LogP contribution in [-0.2, 0) is 0 Å². The molecule has 0 aromatic carbocycles. The molecule has 1 saturated carbocycles. The molecule has 1 heterocycles. The molecule has 0 spiro atoms. The van der Waals surface area contributed by atoms with E-state index in [1.165, 1.54) is 76.3 Å². The Kier molecular flexibility index (Phi) is 5.35. The Morgan fingerprint density at radius 3 is 2.53 bits per heavy atom. The van der Waals surface area contributed by atoms with Crippen molar-refractivity contribution in [2.24, 2.45) is 11.3 Å². The van der Waals surface area contributed by atoms with Gasteiger partial charge in [-0.1, -0.05) is 42.1 Å². The molecule has 1 aliphatic heterocycles. The van der Waals surface area contributed by atoms with Crippen LogP contribution in [-0.4, -0.2) is 29.9 Å². The molecule has 1 saturated heterocycles. The third kappa shape index (κ3) is 3.70. The van der Waals surface area contributed by atoms with Crippen molar-refractivity contribution in [3.05, 3.63) is 0 Å². The monoisotopic (exact) mass is 301 g/mol. The summed E-state index contributed by atoms with van der Waals surface area (Å²) in [5.74, 6) is 1.00. The van der Waals surface area contributed by atoms with Crippen LogP contribution < -0.4 is 0 Å². The summed E-state index contributed by atoms with van der Waals surface area (Å²) >= 11 is 3.78. The molecule has 0 amide bonds. The van der Waals surface area contributed by atoms with Crippen LogP contribution in [0.4, 0.5) is 0 Å². The van der Waals surface area contributed by atoms with E-state index >= 15 is 0 Å². The standard InChI is InChI=1S/C15H28BrN/c1-2-14-6-5-10-17(11-7-14)13-15(12-16)8-3-4-9-15/h14H,2-13H2,1H3. The van der Waals surface area contributed by atoms with Gasteiger partial charge in [0.1, 0.15) is 0 Å². The van der Waals surface area contributed by atoms with E-state index in [2.05, 4.69) is 27.8 Å². The minimum absolute atomic E-state index is 0.617. The normalized spacial score (nSPS) is 30.4. The summed E-state index contributed by atoms with van der Waals surface area (Å²) in [5, 5.41) is 1.22. The summed E-state index contributed by atoms with van der Waals surface area (Å²) in [4.78, 5) is 2.77. The quantitative estimate of drug-likeness (QED) is 0.693. The molecule has 17 heavy (non-hydrogen) atoms. The number of hydrogen-bond donors (Lipinski definition) is 0. The van der Waals surface area contributed by atoms with Crippen molar-refractivity contribution >= 4 is 15.9 Å². The van der Waals surface area contributed by atoms with E-state index in [9.17, 15) is 0 Å². The van der Waals surface area contributed by atoms with E-state index in [4.69, 9.17) is 0 Å². The van der Waals surface area contributed by atoms with Gasteiger partial charge in [-0.25, -0.2) is 0 Å². The molecule has 0 aromatic heterocycles. The van der Waals surface area contributed by atoms with Crippen molar-refractivity contribution in [1.82, 2.24) is 4.90 Å². The highest BCUT2D eigenvalue weighted by molar-refractivity contribution is 9.09. The van der Waals surface area contributed by atoms with Gasteiger partial charge in [0.2, 0.25) is 0 Å². The van der Waals surface area contributed by atoms with Gasteiger partial charge in [0.25, 0.3) is 0 Å². The first-order valence-electron chi connectivity index (χ1n) is 7.56. The molecule has 1 nitrogen and oxygen atoms in total. The fourth-order valence-corrected chi connectivity index (χ4v) is 4.46. The number of nitrogens with zero attached hydrogens (tertiary/aromatic N) is 1. The largest absolute Gasteiger partial charge is 0.303 e. The van der Waals surface area contributed by atoms with Crippen molar-refractivity contribution in [2.75, 3.05) is 25.0 Å². The first kappa shape index (κ1) is 13.9. The highest BCUT2D eigenvalue weighted by Gasteiger charge is 2.34. The maximum atomic E-state index is 3.78. The Bertz CT molecular complexity index is 223. The molecule has 2 aliphatic rings. The molecule has 1 atom stereocenters. The van der Waals surface area contributed by atoms with Crippen LogP contribution in [0.25, 0.3) is 0 Å². The van der Waals surface area contributed by atoms with Gasteiger partial charge in [0.15, 0.2) is 0 Å². The zero-order chi connectivity index (χ0) is 12.1. The van der Waals surface area contributed by atoms with Crippen molar-refractivity contribution in [3.8, 4) is 0 Å². The van der Waals surface area contributed by atoms with Gasteiger partial charge >= 0.3 is 0 Å². The fraction of sp³-hybridized carbons (Fsp3) is 1.00. The minimum atomic E-state index is 0.617. The first-order chi connectivity index (χ1) is 8.28. The molecule has 100 valence electrons. The van der Waals surface area contributed by atoms with E-state index in [-0.39, 0.29) is 0 Å². The Morgan fingerprint density at radius 2 is 1.88 bits per heavy atom. The van der Waals surface area contributed by atoms with Gasteiger partial charge in [-0.3, -0.25) is 0 Å². The van der Waals surface area contributed by atoms with Crippen LogP contribution in [0, 0.1) is 11.3 Å². The average Bonchev–Trinajstić information content (AvgIpc) is 2.70. The van der Waals surface area contributed by atoms with Crippen LogP contribution in [0.5, 0.6) is 0 Å². The molecule has 2 fully saturated rings. The fourth-order valence-electron chi connectivity index (χ4n) is 3.72. The Morgan fingerprint density at radius 1 is 1.12 bits per heavy atom. The third-order valence-electron chi connectivity index (χ3n) is 5.02. The van der Waals surface area contributed by atoms with Crippen molar-refractivity contribution < 1.29 is 0 Å². The molecular weight excluding hydrogens is 274 g/mol. The predicted molar refractivity (Wildman–Crippen MR) is 78.8 cm³/mol. The molecule has 0 radical (unpaired) electrons. The summed E-state index contributed by atoms with van der Waals surface area (Å²) < 4.78 is 0. The average molecular weight is 302 g/mol. The second kappa shape index (κ2) is 6.56. The topological polar surface area (TPSA) is 3.24 Å². The number of hydrogen-bond acceptors (Lipinski definition) is 1. The lowest BCUT2D eigenvalue weighted by molar-refractivity contribution is 0.175. The van der Waals surface area contributed by atoms with Gasteiger partial charge in [-0.05, 0) is 56.5 Å². The summed E-state index contributed by atoms with van der Waals surface area (Å²) in [6, 6.07) is 0. The van der Waals surface area contributed by atoms with Crippen molar-refractivity contribution in [2.45, 2.75) is 58.3 Å². The second-order valence-electron chi connectivity index (χ2n) is 6.32. The zero-order valence-electron chi connectivity index (χ0n) is 11.4. The summed E-state index contributed by atoms with van der Waals surface area (Å²) in [5.41, 5.74) is 0.617. The second-order valence-corrected chi connectivity index (χ2v) is 6.88. The van der Waals surface area contributed by atoms with E-state index in [1.807, 2.05) is 0 Å². The summed E-state index contributed by atoms with van der Waals surface area (Å²) in [6.07, 6.45) is 11.5. The highest BCUT2D eigenvalue weighted by Crippen LogP contribution is 2.40. The van der Waals surface area contributed by atoms with E-state index in [0.29, 0.717) is 5.41 Å². The van der Waals surface area contributed by atoms with Gasteiger partial charge < -0.3 is 4.90 Å². The third-order valence-corrected chi connectivity index (χ3v) is 6.21. The summed E-state index contributed by atoms with van der Waals surface area (Å²) in [6.45, 7) is 6.42. The number of likely N-dealkylation sites (tertiary alicyclic amines) is 1. The maximum Gasteiger partial charge on any atom is 0.0100 e. The number of alkyl halides is 1. The molecule has 0 N–H and O–H groups in total. The van der Waals surface area contributed by atoms with Crippen LogP contribution in [0.1, 0.15) is 58.3 Å². The molecule has 1 aliphatic carbocycles. The number of halogens is 1. The molecule has 0 bridgehead atoms. The van der Waals surface area contributed by atoms with Gasteiger partial charge in [0, 0.05) is 11.9 Å². The Hall–Kier alpha value is 0.440. The Balaban J connectivity index is 1.85. The smallest absolute Gasteiger partial charge is 0.0100 e.